The van der Waals surface area contributed by atoms with Gasteiger partial charge in [-0.25, -0.2) is 19.6 Å². The summed E-state index contributed by atoms with van der Waals surface area (Å²) in [4.78, 5) is 28.8. The summed E-state index contributed by atoms with van der Waals surface area (Å²) in [6, 6.07) is 13.4. The van der Waals surface area contributed by atoms with E-state index in [1.165, 1.54) is 24.1 Å². The number of hydrogen-bond donors (Lipinski definition) is 2. The average molecular weight is 472 g/mol. The van der Waals surface area contributed by atoms with E-state index in [9.17, 15) is 14.0 Å². The minimum Gasteiger partial charge on any atom is -0.447 e. The normalized spacial score (nSPS) is 11.8. The standard InChI is InChI=1S/C24H25ClFN4O3/c1-3-7-20(30(16(2)31)28-14-19-10-6-11-21(26)23(19)25)15-33-24(32)29-22-12-17-8-4-5-9-18(17)13-27-22/h4-6,8-13,20,28H,1,3,7,14-15H2,2H3,(H,27,29,32)/t20-/m0/s1. The van der Waals surface area contributed by atoms with Crippen LogP contribution in [0.3, 0.4) is 0 Å². The molecule has 1 atom stereocenters. The van der Waals surface area contributed by atoms with E-state index >= 15 is 0 Å². The SMILES string of the molecule is [CH2]CC[C@@H](COC(=O)Nc1cc2ccccc2cn1)N(NCc1cccc(F)c1Cl)C(C)=O. The smallest absolute Gasteiger partial charge is 0.412 e. The molecular formula is C24H25ClFN4O3. The molecule has 0 aliphatic carbocycles. The van der Waals surface area contributed by atoms with Crippen LogP contribution in [0.2, 0.25) is 5.02 Å². The summed E-state index contributed by atoms with van der Waals surface area (Å²) in [5.41, 5.74) is 3.46. The third kappa shape index (κ3) is 6.63. The summed E-state index contributed by atoms with van der Waals surface area (Å²) >= 11 is 6.00. The van der Waals surface area contributed by atoms with Crippen molar-refractivity contribution < 1.29 is 18.7 Å². The molecule has 2 amide bonds. The predicted molar refractivity (Wildman–Crippen MR) is 126 cm³/mol. The Bertz CT molecular complexity index is 1130. The lowest BCUT2D eigenvalue weighted by atomic mass is 10.1. The Labute approximate surface area is 196 Å². The Kier molecular flexibility index (Phi) is 8.57. The van der Waals surface area contributed by atoms with Gasteiger partial charge in [-0.05, 0) is 29.5 Å². The fourth-order valence-electron chi connectivity index (χ4n) is 3.34. The number of anilines is 1. The van der Waals surface area contributed by atoms with Crippen molar-refractivity contribution in [3.05, 3.63) is 78.1 Å². The molecule has 9 heteroatoms. The Balaban J connectivity index is 1.62. The van der Waals surface area contributed by atoms with Crippen LogP contribution >= 0.6 is 11.6 Å². The van der Waals surface area contributed by atoms with E-state index in [0.29, 0.717) is 24.2 Å². The molecule has 173 valence electrons. The van der Waals surface area contributed by atoms with Crippen LogP contribution in [-0.2, 0) is 16.1 Å². The summed E-state index contributed by atoms with van der Waals surface area (Å²) in [6.45, 7) is 5.27. The van der Waals surface area contributed by atoms with Crippen molar-refractivity contribution in [1.82, 2.24) is 15.4 Å². The maximum Gasteiger partial charge on any atom is 0.412 e. The van der Waals surface area contributed by atoms with Crippen LogP contribution in [-0.4, -0.2) is 34.6 Å². The van der Waals surface area contributed by atoms with Crippen LogP contribution in [0.5, 0.6) is 0 Å². The van der Waals surface area contributed by atoms with Gasteiger partial charge in [0.15, 0.2) is 0 Å². The van der Waals surface area contributed by atoms with E-state index in [1.54, 1.807) is 18.3 Å². The number of carbonyl (C=O) groups excluding carboxylic acids is 2. The van der Waals surface area contributed by atoms with Crippen molar-refractivity contribution in [2.45, 2.75) is 32.4 Å². The van der Waals surface area contributed by atoms with Crippen molar-refractivity contribution in [2.24, 2.45) is 0 Å². The monoisotopic (exact) mass is 471 g/mol. The van der Waals surface area contributed by atoms with E-state index < -0.39 is 18.0 Å². The van der Waals surface area contributed by atoms with Gasteiger partial charge in [-0.2, -0.15) is 0 Å². The van der Waals surface area contributed by atoms with Crippen LogP contribution in [0.25, 0.3) is 10.8 Å². The van der Waals surface area contributed by atoms with Gasteiger partial charge in [0.1, 0.15) is 18.2 Å². The first-order valence-corrected chi connectivity index (χ1v) is 10.8. The molecule has 1 heterocycles. The van der Waals surface area contributed by atoms with Crippen LogP contribution in [0.15, 0.2) is 54.7 Å². The predicted octanol–water partition coefficient (Wildman–Crippen LogP) is 5.11. The van der Waals surface area contributed by atoms with E-state index in [4.69, 9.17) is 16.3 Å². The van der Waals surface area contributed by atoms with Gasteiger partial charge in [0, 0.05) is 25.1 Å². The summed E-state index contributed by atoms with van der Waals surface area (Å²) in [7, 11) is 0. The van der Waals surface area contributed by atoms with E-state index in [2.05, 4.69) is 22.7 Å². The summed E-state index contributed by atoms with van der Waals surface area (Å²) in [5.74, 6) is -0.474. The van der Waals surface area contributed by atoms with Crippen molar-refractivity contribution in [1.29, 1.82) is 0 Å². The highest BCUT2D eigenvalue weighted by Crippen LogP contribution is 2.20. The number of aromatic nitrogens is 1. The first-order chi connectivity index (χ1) is 15.9. The largest absolute Gasteiger partial charge is 0.447 e. The molecule has 0 aliphatic heterocycles. The number of halogens is 2. The Morgan fingerprint density at radius 1 is 1.21 bits per heavy atom. The highest BCUT2D eigenvalue weighted by Gasteiger charge is 2.23. The van der Waals surface area contributed by atoms with Crippen molar-refractivity contribution in [2.75, 3.05) is 11.9 Å². The number of hydrogen-bond acceptors (Lipinski definition) is 5. The van der Waals surface area contributed by atoms with Gasteiger partial charge < -0.3 is 4.74 Å². The van der Waals surface area contributed by atoms with Crippen LogP contribution in [0.1, 0.15) is 25.3 Å². The number of nitrogens with one attached hydrogen (secondary N) is 2. The molecule has 0 bridgehead atoms. The Morgan fingerprint density at radius 2 is 1.97 bits per heavy atom. The number of rotatable bonds is 9. The van der Waals surface area contributed by atoms with Gasteiger partial charge in [0.05, 0.1) is 11.1 Å². The summed E-state index contributed by atoms with van der Waals surface area (Å²) in [6.07, 6.45) is 1.96. The molecule has 1 radical (unpaired) electrons. The number of pyridine rings is 1. The zero-order valence-corrected chi connectivity index (χ0v) is 18.9. The molecule has 2 N–H and O–H groups in total. The Hall–Kier alpha value is -3.23. The number of fused-ring (bicyclic) bond motifs is 1. The molecule has 1 aromatic heterocycles. The molecule has 0 spiro atoms. The van der Waals surface area contributed by atoms with E-state index in [1.807, 2.05) is 24.3 Å². The third-order valence-electron chi connectivity index (χ3n) is 4.98. The quantitative estimate of drug-likeness (QED) is 0.423. The van der Waals surface area contributed by atoms with Gasteiger partial charge >= 0.3 is 6.09 Å². The lowest BCUT2D eigenvalue weighted by molar-refractivity contribution is -0.136. The zero-order valence-electron chi connectivity index (χ0n) is 18.2. The zero-order chi connectivity index (χ0) is 23.8. The first kappa shape index (κ1) is 24.4. The summed E-state index contributed by atoms with van der Waals surface area (Å²) < 4.78 is 19.1. The molecule has 0 saturated carbocycles. The fourth-order valence-corrected chi connectivity index (χ4v) is 3.53. The first-order valence-electron chi connectivity index (χ1n) is 10.4. The van der Waals surface area contributed by atoms with Gasteiger partial charge in [-0.15, -0.1) is 0 Å². The Morgan fingerprint density at radius 3 is 2.70 bits per heavy atom. The molecule has 7 nitrogen and oxygen atoms in total. The fraction of sp³-hybridized carbons (Fsp3) is 0.250. The maximum absolute atomic E-state index is 13.7. The summed E-state index contributed by atoms with van der Waals surface area (Å²) in [5, 5.41) is 5.83. The molecule has 0 unspecified atom stereocenters. The molecule has 33 heavy (non-hydrogen) atoms. The van der Waals surface area contributed by atoms with Gasteiger partial charge in [0.2, 0.25) is 5.91 Å². The second kappa shape index (κ2) is 11.6. The van der Waals surface area contributed by atoms with Crippen molar-refractivity contribution >= 4 is 40.2 Å². The minimum atomic E-state index is -0.691. The molecule has 0 aliphatic rings. The lowest BCUT2D eigenvalue weighted by Gasteiger charge is -2.31. The van der Waals surface area contributed by atoms with Crippen molar-refractivity contribution in [3.8, 4) is 0 Å². The lowest BCUT2D eigenvalue weighted by Crippen LogP contribution is -2.50. The van der Waals surface area contributed by atoms with Gasteiger partial charge in [0.25, 0.3) is 0 Å². The second-order valence-corrected chi connectivity index (χ2v) is 7.75. The number of amides is 2. The second-order valence-electron chi connectivity index (χ2n) is 7.37. The maximum atomic E-state index is 13.7. The number of ether oxygens (including phenoxy) is 1. The topological polar surface area (TPSA) is 83.6 Å². The molecular weight excluding hydrogens is 447 g/mol. The molecule has 2 aromatic carbocycles. The van der Waals surface area contributed by atoms with E-state index in [0.717, 1.165) is 10.8 Å². The highest BCUT2D eigenvalue weighted by atomic mass is 35.5. The third-order valence-corrected chi connectivity index (χ3v) is 5.40. The van der Waals surface area contributed by atoms with Gasteiger partial charge in [-0.3, -0.25) is 15.1 Å². The van der Waals surface area contributed by atoms with Crippen LogP contribution in [0, 0.1) is 12.7 Å². The van der Waals surface area contributed by atoms with Gasteiger partial charge in [-0.1, -0.05) is 61.3 Å². The van der Waals surface area contributed by atoms with E-state index in [-0.39, 0.29) is 24.1 Å². The molecule has 0 saturated heterocycles. The number of nitrogens with zero attached hydrogens (tertiary/aromatic N) is 2. The average Bonchev–Trinajstić information content (AvgIpc) is 2.80. The molecule has 0 fully saturated rings. The number of carbonyl (C=O) groups is 2. The van der Waals surface area contributed by atoms with Crippen LogP contribution in [0.4, 0.5) is 15.0 Å². The number of hydrazine groups is 1. The van der Waals surface area contributed by atoms with Crippen LogP contribution < -0.4 is 10.7 Å². The highest BCUT2D eigenvalue weighted by molar-refractivity contribution is 6.31. The number of benzene rings is 2. The molecule has 3 rings (SSSR count). The molecule has 3 aromatic rings. The minimum absolute atomic E-state index is 0.0132. The van der Waals surface area contributed by atoms with Crippen molar-refractivity contribution in [3.63, 3.8) is 0 Å².